The predicted octanol–water partition coefficient (Wildman–Crippen LogP) is 0.627. The highest BCUT2D eigenvalue weighted by Gasteiger charge is 2.04. The summed E-state index contributed by atoms with van der Waals surface area (Å²) in [4.78, 5) is 14.5. The van der Waals surface area contributed by atoms with Gasteiger partial charge < -0.3 is 20.8 Å². The van der Waals surface area contributed by atoms with Crippen LogP contribution in [0.3, 0.4) is 0 Å². The van der Waals surface area contributed by atoms with Gasteiger partial charge in [0, 0.05) is 11.6 Å². The van der Waals surface area contributed by atoms with Gasteiger partial charge in [0.05, 0.1) is 0 Å². The van der Waals surface area contributed by atoms with Crippen LogP contribution >= 0.6 is 17.0 Å². The number of hydrogen-bond acceptors (Lipinski definition) is 3. The van der Waals surface area contributed by atoms with Crippen LogP contribution in [0, 0.1) is 0 Å². The SMILES string of the molecule is Br.O.O.O=C(O)COc1cccc2cccnc12. The van der Waals surface area contributed by atoms with Crippen molar-refractivity contribution in [1.82, 2.24) is 4.98 Å². The molecule has 18 heavy (non-hydrogen) atoms. The molecular formula is C11H14BrNO5. The number of nitrogens with zero attached hydrogens (tertiary/aromatic N) is 1. The van der Waals surface area contributed by atoms with Crippen molar-refractivity contribution in [2.75, 3.05) is 6.61 Å². The van der Waals surface area contributed by atoms with E-state index in [0.29, 0.717) is 11.3 Å². The number of carboxylic acid groups (broad SMARTS) is 1. The highest BCUT2D eigenvalue weighted by atomic mass is 79.9. The van der Waals surface area contributed by atoms with Crippen molar-refractivity contribution in [3.8, 4) is 5.75 Å². The summed E-state index contributed by atoms with van der Waals surface area (Å²) in [6.07, 6.45) is 1.65. The molecule has 7 heteroatoms. The Morgan fingerprint density at radius 1 is 1.22 bits per heavy atom. The minimum absolute atomic E-state index is 0. The minimum atomic E-state index is -0.997. The van der Waals surface area contributed by atoms with Crippen LogP contribution in [0.5, 0.6) is 5.75 Å². The average Bonchev–Trinajstić information content (AvgIpc) is 2.26. The van der Waals surface area contributed by atoms with Crippen LogP contribution in [0.1, 0.15) is 0 Å². The molecule has 100 valence electrons. The Labute approximate surface area is 114 Å². The van der Waals surface area contributed by atoms with Gasteiger partial charge in [-0.2, -0.15) is 0 Å². The number of aromatic nitrogens is 1. The molecule has 0 saturated heterocycles. The van der Waals surface area contributed by atoms with E-state index in [0.717, 1.165) is 5.39 Å². The summed E-state index contributed by atoms with van der Waals surface area (Å²) in [5.41, 5.74) is 0.682. The maximum Gasteiger partial charge on any atom is 0.341 e. The summed E-state index contributed by atoms with van der Waals surface area (Å²) in [5, 5.41) is 9.43. The minimum Gasteiger partial charge on any atom is -0.480 e. The van der Waals surface area contributed by atoms with E-state index in [2.05, 4.69) is 4.98 Å². The predicted molar refractivity (Wildman–Crippen MR) is 72.4 cm³/mol. The van der Waals surface area contributed by atoms with Crippen molar-refractivity contribution in [2.24, 2.45) is 0 Å². The second-order valence-electron chi connectivity index (χ2n) is 3.01. The normalized spacial score (nSPS) is 8.44. The number of ether oxygens (including phenoxy) is 1. The quantitative estimate of drug-likeness (QED) is 0.890. The molecule has 2 rings (SSSR count). The molecule has 0 radical (unpaired) electrons. The number of hydrogen-bond donors (Lipinski definition) is 1. The van der Waals surface area contributed by atoms with Crippen LogP contribution in [0.15, 0.2) is 36.5 Å². The molecule has 6 nitrogen and oxygen atoms in total. The number of para-hydroxylation sites is 1. The molecular weight excluding hydrogens is 306 g/mol. The smallest absolute Gasteiger partial charge is 0.341 e. The number of benzene rings is 1. The third kappa shape index (κ3) is 4.28. The first kappa shape index (κ1) is 18.7. The molecule has 0 unspecified atom stereocenters. The highest BCUT2D eigenvalue weighted by Crippen LogP contribution is 2.22. The summed E-state index contributed by atoms with van der Waals surface area (Å²) in [5.74, 6) is -0.501. The van der Waals surface area contributed by atoms with Gasteiger partial charge in [-0.05, 0) is 12.1 Å². The van der Waals surface area contributed by atoms with Gasteiger partial charge in [-0.3, -0.25) is 4.98 Å². The molecule has 1 heterocycles. The topological polar surface area (TPSA) is 122 Å². The van der Waals surface area contributed by atoms with E-state index in [9.17, 15) is 4.79 Å². The number of carboxylic acids is 1. The Hall–Kier alpha value is -1.70. The van der Waals surface area contributed by atoms with Gasteiger partial charge in [0.2, 0.25) is 0 Å². The molecule has 1 aromatic carbocycles. The van der Waals surface area contributed by atoms with E-state index in [-0.39, 0.29) is 34.5 Å². The van der Waals surface area contributed by atoms with Crippen molar-refractivity contribution in [1.29, 1.82) is 0 Å². The monoisotopic (exact) mass is 319 g/mol. The molecule has 0 aliphatic carbocycles. The first-order valence-electron chi connectivity index (χ1n) is 4.46. The molecule has 0 spiro atoms. The summed E-state index contributed by atoms with van der Waals surface area (Å²) >= 11 is 0. The second-order valence-corrected chi connectivity index (χ2v) is 3.01. The Morgan fingerprint density at radius 3 is 2.56 bits per heavy atom. The van der Waals surface area contributed by atoms with Crippen molar-refractivity contribution in [3.05, 3.63) is 36.5 Å². The Bertz CT molecular complexity index is 500. The highest BCUT2D eigenvalue weighted by molar-refractivity contribution is 8.93. The van der Waals surface area contributed by atoms with Crippen LogP contribution in [0.25, 0.3) is 10.9 Å². The van der Waals surface area contributed by atoms with Gasteiger partial charge in [-0.15, -0.1) is 17.0 Å². The van der Waals surface area contributed by atoms with Gasteiger partial charge in [0.15, 0.2) is 6.61 Å². The van der Waals surface area contributed by atoms with Gasteiger partial charge in [-0.1, -0.05) is 18.2 Å². The van der Waals surface area contributed by atoms with Gasteiger partial charge in [0.1, 0.15) is 11.3 Å². The van der Waals surface area contributed by atoms with Crippen LogP contribution in [-0.2, 0) is 4.79 Å². The van der Waals surface area contributed by atoms with E-state index >= 15 is 0 Å². The number of halogens is 1. The number of aliphatic carboxylic acids is 1. The summed E-state index contributed by atoms with van der Waals surface area (Å²) in [6, 6.07) is 9.13. The van der Waals surface area contributed by atoms with Crippen LogP contribution < -0.4 is 4.74 Å². The van der Waals surface area contributed by atoms with E-state index in [4.69, 9.17) is 9.84 Å². The standard InChI is InChI=1S/C11H9NO3.BrH.2H2O/c13-10(14)7-15-9-5-1-3-8-4-2-6-12-11(8)9;;;/h1-6H,7H2,(H,13,14);1H;2*1H2. The molecule has 0 atom stereocenters. The Morgan fingerprint density at radius 2 is 1.89 bits per heavy atom. The third-order valence-corrected chi connectivity index (χ3v) is 1.95. The van der Waals surface area contributed by atoms with Gasteiger partial charge >= 0.3 is 5.97 Å². The molecule has 0 aliphatic rings. The fourth-order valence-electron chi connectivity index (χ4n) is 1.33. The lowest BCUT2D eigenvalue weighted by Crippen LogP contribution is -2.09. The number of carbonyl (C=O) groups is 1. The molecule has 0 aliphatic heterocycles. The maximum absolute atomic E-state index is 10.4. The zero-order valence-electron chi connectivity index (χ0n) is 9.29. The number of rotatable bonds is 3. The second kappa shape index (κ2) is 8.40. The zero-order chi connectivity index (χ0) is 10.7. The molecule has 1 aromatic heterocycles. The lowest BCUT2D eigenvalue weighted by molar-refractivity contribution is -0.139. The van der Waals surface area contributed by atoms with E-state index < -0.39 is 5.97 Å². The van der Waals surface area contributed by atoms with Crippen molar-refractivity contribution in [3.63, 3.8) is 0 Å². The first-order valence-corrected chi connectivity index (χ1v) is 4.46. The van der Waals surface area contributed by atoms with E-state index in [1.165, 1.54) is 0 Å². The lowest BCUT2D eigenvalue weighted by atomic mass is 10.2. The lowest BCUT2D eigenvalue weighted by Gasteiger charge is -2.05. The molecule has 0 amide bonds. The molecule has 0 bridgehead atoms. The molecule has 2 aromatic rings. The zero-order valence-corrected chi connectivity index (χ0v) is 11.0. The summed E-state index contributed by atoms with van der Waals surface area (Å²) in [6.45, 7) is -0.352. The van der Waals surface area contributed by atoms with Crippen molar-refractivity contribution in [2.45, 2.75) is 0 Å². The van der Waals surface area contributed by atoms with Gasteiger partial charge in [-0.25, -0.2) is 4.79 Å². The van der Waals surface area contributed by atoms with E-state index in [1.54, 1.807) is 18.3 Å². The third-order valence-electron chi connectivity index (χ3n) is 1.95. The van der Waals surface area contributed by atoms with Crippen LogP contribution in [0.2, 0.25) is 0 Å². The molecule has 0 fully saturated rings. The number of pyridine rings is 1. The fourth-order valence-corrected chi connectivity index (χ4v) is 1.33. The summed E-state index contributed by atoms with van der Waals surface area (Å²) in [7, 11) is 0. The average molecular weight is 320 g/mol. The maximum atomic E-state index is 10.4. The largest absolute Gasteiger partial charge is 0.480 e. The Kier molecular flexibility index (Phi) is 8.71. The fraction of sp³-hybridized carbons (Fsp3) is 0.0909. The molecule has 0 saturated carbocycles. The first-order chi connectivity index (χ1) is 7.27. The van der Waals surface area contributed by atoms with Crippen molar-refractivity contribution < 1.29 is 25.6 Å². The number of fused-ring (bicyclic) bond motifs is 1. The van der Waals surface area contributed by atoms with Gasteiger partial charge in [0.25, 0.3) is 0 Å². The van der Waals surface area contributed by atoms with E-state index in [1.807, 2.05) is 18.2 Å². The van der Waals surface area contributed by atoms with Crippen molar-refractivity contribution >= 4 is 33.9 Å². The summed E-state index contributed by atoms with van der Waals surface area (Å²) < 4.78 is 5.12. The Balaban J connectivity index is 0. The molecule has 5 N–H and O–H groups in total. The van der Waals surface area contributed by atoms with Crippen LogP contribution in [0.4, 0.5) is 0 Å². The van der Waals surface area contributed by atoms with Crippen LogP contribution in [-0.4, -0.2) is 33.6 Å².